The monoisotopic (exact) mass is 297 g/mol. The standard InChI is InChI=1S/C12H16BrN3O/c1-11(2)10(17)15-8-5-7(13)6-14-9(8)16-12(11,3)4/h5-6H,1-4H3,(H,14,16)(H,15,17). The van der Waals surface area contributed by atoms with Crippen molar-refractivity contribution in [2.45, 2.75) is 33.2 Å². The van der Waals surface area contributed by atoms with Crippen LogP contribution in [0, 0.1) is 5.41 Å². The van der Waals surface area contributed by atoms with Gasteiger partial charge in [0, 0.05) is 16.2 Å². The molecule has 1 aromatic heterocycles. The molecule has 0 saturated carbocycles. The average molecular weight is 298 g/mol. The number of rotatable bonds is 0. The van der Waals surface area contributed by atoms with Crippen molar-refractivity contribution < 1.29 is 4.79 Å². The SMILES string of the molecule is CC1(C)Nc2ncc(Br)cc2NC(=O)C1(C)C. The highest BCUT2D eigenvalue weighted by atomic mass is 79.9. The lowest BCUT2D eigenvalue weighted by Gasteiger charge is -2.38. The first-order chi connectivity index (χ1) is 7.74. The van der Waals surface area contributed by atoms with E-state index in [0.717, 1.165) is 4.47 Å². The fourth-order valence-corrected chi connectivity index (χ4v) is 1.98. The third-order valence-electron chi connectivity index (χ3n) is 3.66. The summed E-state index contributed by atoms with van der Waals surface area (Å²) < 4.78 is 0.843. The lowest BCUT2D eigenvalue weighted by molar-refractivity contribution is -0.126. The largest absolute Gasteiger partial charge is 0.362 e. The zero-order valence-electron chi connectivity index (χ0n) is 10.4. The molecule has 2 N–H and O–H groups in total. The fraction of sp³-hybridized carbons (Fsp3) is 0.500. The second kappa shape index (κ2) is 3.70. The number of hydrogen-bond donors (Lipinski definition) is 2. The average Bonchev–Trinajstić information content (AvgIpc) is 2.26. The van der Waals surface area contributed by atoms with Crippen LogP contribution in [0.5, 0.6) is 0 Å². The van der Waals surface area contributed by atoms with Crippen LogP contribution in [0.1, 0.15) is 27.7 Å². The number of carbonyl (C=O) groups excluding carboxylic acids is 1. The van der Waals surface area contributed by atoms with E-state index in [2.05, 4.69) is 31.5 Å². The summed E-state index contributed by atoms with van der Waals surface area (Å²) in [5.74, 6) is 0.700. The maximum Gasteiger partial charge on any atom is 0.232 e. The van der Waals surface area contributed by atoms with Gasteiger partial charge >= 0.3 is 0 Å². The Morgan fingerprint density at radius 2 is 1.94 bits per heavy atom. The van der Waals surface area contributed by atoms with Crippen molar-refractivity contribution in [3.8, 4) is 0 Å². The van der Waals surface area contributed by atoms with Crippen molar-refractivity contribution in [2.24, 2.45) is 5.41 Å². The van der Waals surface area contributed by atoms with Gasteiger partial charge in [-0.25, -0.2) is 4.98 Å². The van der Waals surface area contributed by atoms with E-state index in [4.69, 9.17) is 0 Å². The molecule has 2 heterocycles. The Kier molecular flexibility index (Phi) is 2.69. The molecule has 4 nitrogen and oxygen atoms in total. The van der Waals surface area contributed by atoms with E-state index in [9.17, 15) is 4.79 Å². The van der Waals surface area contributed by atoms with Crippen molar-refractivity contribution in [1.82, 2.24) is 4.98 Å². The van der Waals surface area contributed by atoms with Crippen LogP contribution in [-0.2, 0) is 4.79 Å². The van der Waals surface area contributed by atoms with Gasteiger partial charge in [-0.15, -0.1) is 0 Å². The number of halogens is 1. The van der Waals surface area contributed by atoms with Gasteiger partial charge in [0.05, 0.1) is 11.1 Å². The fourth-order valence-electron chi connectivity index (χ4n) is 1.65. The van der Waals surface area contributed by atoms with Gasteiger partial charge in [0.25, 0.3) is 0 Å². The number of aromatic nitrogens is 1. The molecular formula is C12H16BrN3O. The summed E-state index contributed by atoms with van der Waals surface area (Å²) in [6, 6.07) is 1.85. The summed E-state index contributed by atoms with van der Waals surface area (Å²) in [5, 5.41) is 6.25. The topological polar surface area (TPSA) is 54.0 Å². The van der Waals surface area contributed by atoms with Gasteiger partial charge in [0.2, 0.25) is 5.91 Å². The summed E-state index contributed by atoms with van der Waals surface area (Å²) in [6.45, 7) is 7.86. The van der Waals surface area contributed by atoms with Gasteiger partial charge in [-0.05, 0) is 49.7 Å². The van der Waals surface area contributed by atoms with Crippen LogP contribution >= 0.6 is 15.9 Å². The van der Waals surface area contributed by atoms with E-state index >= 15 is 0 Å². The van der Waals surface area contributed by atoms with Crippen molar-refractivity contribution in [3.05, 3.63) is 16.7 Å². The van der Waals surface area contributed by atoms with Gasteiger partial charge in [-0.1, -0.05) is 0 Å². The number of carbonyl (C=O) groups is 1. The number of nitrogens with one attached hydrogen (secondary N) is 2. The molecule has 0 radical (unpaired) electrons. The number of amides is 1. The normalized spacial score (nSPS) is 20.9. The summed E-state index contributed by atoms with van der Waals surface area (Å²) >= 11 is 3.35. The molecule has 2 rings (SSSR count). The molecule has 1 aromatic rings. The molecule has 0 aromatic carbocycles. The lowest BCUT2D eigenvalue weighted by atomic mass is 9.74. The minimum atomic E-state index is -0.528. The van der Waals surface area contributed by atoms with Crippen LogP contribution in [0.4, 0.5) is 11.5 Å². The molecule has 1 aliphatic heterocycles. The lowest BCUT2D eigenvalue weighted by Crippen LogP contribution is -2.51. The molecule has 17 heavy (non-hydrogen) atoms. The Balaban J connectivity index is 2.55. The molecule has 92 valence electrons. The summed E-state index contributed by atoms with van der Waals surface area (Å²) in [4.78, 5) is 16.5. The minimum absolute atomic E-state index is 0.00588. The first-order valence-corrected chi connectivity index (χ1v) is 6.28. The predicted octanol–water partition coefficient (Wildman–Crippen LogP) is 3.01. The van der Waals surface area contributed by atoms with Crippen LogP contribution in [0.3, 0.4) is 0 Å². The molecule has 1 amide bonds. The van der Waals surface area contributed by atoms with E-state index in [0.29, 0.717) is 11.5 Å². The molecule has 0 saturated heterocycles. The summed E-state index contributed by atoms with van der Waals surface area (Å²) in [5.41, 5.74) is -0.188. The Morgan fingerprint density at radius 3 is 2.59 bits per heavy atom. The Bertz CT molecular complexity index is 483. The zero-order chi connectivity index (χ0) is 12.8. The molecule has 0 spiro atoms. The second-order valence-corrected chi connectivity index (χ2v) is 6.29. The van der Waals surface area contributed by atoms with Gasteiger partial charge in [0.15, 0.2) is 0 Å². The molecule has 5 heteroatoms. The maximum absolute atomic E-state index is 12.2. The van der Waals surface area contributed by atoms with Gasteiger partial charge in [-0.3, -0.25) is 4.79 Å². The Morgan fingerprint density at radius 1 is 1.29 bits per heavy atom. The number of pyridine rings is 1. The van der Waals surface area contributed by atoms with Crippen molar-refractivity contribution >= 4 is 33.3 Å². The highest BCUT2D eigenvalue weighted by Gasteiger charge is 2.45. The van der Waals surface area contributed by atoms with Crippen LogP contribution in [0.2, 0.25) is 0 Å². The minimum Gasteiger partial charge on any atom is -0.362 e. The van der Waals surface area contributed by atoms with E-state index in [1.807, 2.05) is 33.8 Å². The third kappa shape index (κ3) is 1.92. The van der Waals surface area contributed by atoms with Gasteiger partial charge in [-0.2, -0.15) is 0 Å². The highest BCUT2D eigenvalue weighted by molar-refractivity contribution is 9.10. The van der Waals surface area contributed by atoms with Crippen LogP contribution < -0.4 is 10.6 Å². The number of nitrogens with zero attached hydrogens (tertiary/aromatic N) is 1. The van der Waals surface area contributed by atoms with Crippen LogP contribution in [-0.4, -0.2) is 16.4 Å². The summed E-state index contributed by atoms with van der Waals surface area (Å²) in [6.07, 6.45) is 1.71. The molecular weight excluding hydrogens is 282 g/mol. The molecule has 0 atom stereocenters. The first-order valence-electron chi connectivity index (χ1n) is 5.49. The van der Waals surface area contributed by atoms with E-state index in [1.165, 1.54) is 0 Å². The third-order valence-corrected chi connectivity index (χ3v) is 4.10. The maximum atomic E-state index is 12.2. The first kappa shape index (κ1) is 12.4. The number of anilines is 2. The van der Waals surface area contributed by atoms with Gasteiger partial charge < -0.3 is 10.6 Å². The Hall–Kier alpha value is -1.10. The quantitative estimate of drug-likeness (QED) is 0.774. The number of fused-ring (bicyclic) bond motifs is 1. The van der Waals surface area contributed by atoms with E-state index < -0.39 is 5.41 Å². The molecule has 0 bridgehead atoms. The van der Waals surface area contributed by atoms with E-state index in [1.54, 1.807) is 6.20 Å². The molecule has 1 aliphatic rings. The smallest absolute Gasteiger partial charge is 0.232 e. The highest BCUT2D eigenvalue weighted by Crippen LogP contribution is 2.39. The summed E-state index contributed by atoms with van der Waals surface area (Å²) in [7, 11) is 0. The van der Waals surface area contributed by atoms with Gasteiger partial charge in [0.1, 0.15) is 5.82 Å². The molecule has 0 unspecified atom stereocenters. The number of hydrogen-bond acceptors (Lipinski definition) is 3. The van der Waals surface area contributed by atoms with Crippen LogP contribution in [0.15, 0.2) is 16.7 Å². The van der Waals surface area contributed by atoms with E-state index in [-0.39, 0.29) is 11.4 Å². The van der Waals surface area contributed by atoms with Crippen molar-refractivity contribution in [1.29, 1.82) is 0 Å². The van der Waals surface area contributed by atoms with Crippen molar-refractivity contribution in [2.75, 3.05) is 10.6 Å². The molecule has 0 aliphatic carbocycles. The zero-order valence-corrected chi connectivity index (χ0v) is 12.0. The Labute approximate surface area is 109 Å². The van der Waals surface area contributed by atoms with Crippen LogP contribution in [0.25, 0.3) is 0 Å². The second-order valence-electron chi connectivity index (χ2n) is 5.38. The van der Waals surface area contributed by atoms with Crippen molar-refractivity contribution in [3.63, 3.8) is 0 Å². The molecule has 0 fully saturated rings. The predicted molar refractivity (Wildman–Crippen MR) is 72.0 cm³/mol.